The number of carbonyl (C=O) groups excluding carboxylic acids is 1. The molecule has 9 nitrogen and oxygen atoms in total. The summed E-state index contributed by atoms with van der Waals surface area (Å²) in [5.74, 6) is 1.10. The fourth-order valence-electron chi connectivity index (χ4n) is 3.19. The monoisotopic (exact) mass is 416 g/mol. The van der Waals surface area contributed by atoms with Gasteiger partial charge >= 0.3 is 6.03 Å². The topological polar surface area (TPSA) is 93.8 Å². The molecule has 0 unspecified atom stereocenters. The molecular formula is C22H24N8O. The lowest BCUT2D eigenvalue weighted by atomic mass is 10.1. The van der Waals surface area contributed by atoms with E-state index in [1.807, 2.05) is 74.3 Å². The van der Waals surface area contributed by atoms with Crippen molar-refractivity contribution in [3.8, 4) is 22.6 Å². The van der Waals surface area contributed by atoms with Crippen LogP contribution in [-0.4, -0.2) is 42.6 Å². The minimum Gasteiger partial charge on any atom is -0.310 e. The van der Waals surface area contributed by atoms with Crippen LogP contribution in [0, 0.1) is 0 Å². The summed E-state index contributed by atoms with van der Waals surface area (Å²) < 4.78 is 3.69. The van der Waals surface area contributed by atoms with E-state index in [1.54, 1.807) is 24.1 Å². The molecule has 31 heavy (non-hydrogen) atoms. The molecule has 0 aliphatic rings. The highest BCUT2D eigenvalue weighted by Crippen LogP contribution is 2.23. The minimum atomic E-state index is -0.288. The van der Waals surface area contributed by atoms with E-state index in [2.05, 4.69) is 25.6 Å². The van der Waals surface area contributed by atoms with E-state index < -0.39 is 0 Å². The first-order valence-corrected chi connectivity index (χ1v) is 9.93. The van der Waals surface area contributed by atoms with Crippen molar-refractivity contribution in [2.75, 3.05) is 17.3 Å². The van der Waals surface area contributed by atoms with Crippen molar-refractivity contribution >= 4 is 17.5 Å². The molecule has 0 saturated carbocycles. The van der Waals surface area contributed by atoms with Crippen LogP contribution in [0.3, 0.4) is 0 Å². The Balaban J connectivity index is 1.48. The number of anilines is 2. The van der Waals surface area contributed by atoms with Crippen molar-refractivity contribution < 1.29 is 4.79 Å². The van der Waals surface area contributed by atoms with Crippen LogP contribution in [0.1, 0.15) is 19.9 Å². The third-order valence-corrected chi connectivity index (χ3v) is 4.94. The van der Waals surface area contributed by atoms with Crippen LogP contribution in [0.5, 0.6) is 0 Å². The van der Waals surface area contributed by atoms with Gasteiger partial charge in [0, 0.05) is 37.6 Å². The number of aromatic nitrogens is 6. The average Bonchev–Trinajstić information content (AvgIpc) is 3.43. The molecule has 0 aliphatic carbocycles. The number of pyridine rings is 1. The zero-order valence-electron chi connectivity index (χ0n) is 17.9. The van der Waals surface area contributed by atoms with Crippen LogP contribution in [0.25, 0.3) is 22.6 Å². The number of hydrogen-bond acceptors (Lipinski definition) is 5. The molecule has 0 atom stereocenters. The number of benzene rings is 1. The van der Waals surface area contributed by atoms with E-state index >= 15 is 0 Å². The molecule has 9 heteroatoms. The number of nitrogens with one attached hydrogen (secondary N) is 1. The highest BCUT2D eigenvalue weighted by Gasteiger charge is 2.15. The van der Waals surface area contributed by atoms with E-state index in [1.165, 1.54) is 4.90 Å². The van der Waals surface area contributed by atoms with Gasteiger partial charge < -0.3 is 4.57 Å². The summed E-state index contributed by atoms with van der Waals surface area (Å²) in [5, 5.41) is 15.2. The number of amides is 2. The molecule has 0 spiro atoms. The molecule has 0 saturated heterocycles. The minimum absolute atomic E-state index is 0.200. The SMILES string of the molecule is CC(C)n1cnnc1-c1cccc(NC(=O)N(C)c2ccc(-c3cnn(C)c3)cc2)n1. The van der Waals surface area contributed by atoms with Gasteiger partial charge in [0.25, 0.3) is 0 Å². The van der Waals surface area contributed by atoms with Gasteiger partial charge in [-0.25, -0.2) is 9.78 Å². The first-order chi connectivity index (χ1) is 14.9. The largest absolute Gasteiger partial charge is 0.327 e. The van der Waals surface area contributed by atoms with Gasteiger partial charge in [0.15, 0.2) is 5.82 Å². The lowest BCUT2D eigenvalue weighted by Crippen LogP contribution is -2.31. The summed E-state index contributed by atoms with van der Waals surface area (Å²) in [6.45, 7) is 4.10. The maximum absolute atomic E-state index is 12.8. The normalized spacial score (nSPS) is 11.0. The molecule has 0 bridgehead atoms. The smallest absolute Gasteiger partial charge is 0.310 e. The molecule has 4 rings (SSSR count). The van der Waals surface area contributed by atoms with Gasteiger partial charge in [-0.3, -0.25) is 14.9 Å². The molecule has 3 heterocycles. The van der Waals surface area contributed by atoms with Crippen LogP contribution in [0.15, 0.2) is 61.2 Å². The van der Waals surface area contributed by atoms with Crippen LogP contribution in [-0.2, 0) is 7.05 Å². The van der Waals surface area contributed by atoms with Gasteiger partial charge in [0.1, 0.15) is 17.8 Å². The molecule has 2 amide bonds. The molecule has 1 aromatic carbocycles. The number of aryl methyl sites for hydroxylation is 1. The first kappa shape index (κ1) is 20.3. The predicted molar refractivity (Wildman–Crippen MR) is 120 cm³/mol. The van der Waals surface area contributed by atoms with Crippen LogP contribution < -0.4 is 10.2 Å². The third-order valence-electron chi connectivity index (χ3n) is 4.94. The number of nitrogens with zero attached hydrogens (tertiary/aromatic N) is 7. The predicted octanol–water partition coefficient (Wildman–Crippen LogP) is 3.99. The van der Waals surface area contributed by atoms with Gasteiger partial charge in [-0.05, 0) is 43.7 Å². The Bertz CT molecular complexity index is 1190. The lowest BCUT2D eigenvalue weighted by Gasteiger charge is -2.18. The number of hydrogen-bond donors (Lipinski definition) is 1. The molecular weight excluding hydrogens is 392 g/mol. The summed E-state index contributed by atoms with van der Waals surface area (Å²) in [4.78, 5) is 18.9. The quantitative estimate of drug-likeness (QED) is 0.531. The second-order valence-corrected chi connectivity index (χ2v) is 7.50. The fourth-order valence-corrected chi connectivity index (χ4v) is 3.19. The molecule has 4 aromatic rings. The summed E-state index contributed by atoms with van der Waals surface area (Å²) in [7, 11) is 3.60. The Morgan fingerprint density at radius 2 is 1.87 bits per heavy atom. The number of urea groups is 1. The van der Waals surface area contributed by atoms with Crippen molar-refractivity contribution in [2.45, 2.75) is 19.9 Å². The maximum atomic E-state index is 12.8. The zero-order chi connectivity index (χ0) is 22.0. The zero-order valence-corrected chi connectivity index (χ0v) is 17.9. The molecule has 0 radical (unpaired) electrons. The first-order valence-electron chi connectivity index (χ1n) is 9.93. The molecule has 0 aliphatic heterocycles. The van der Waals surface area contributed by atoms with Gasteiger partial charge in [-0.15, -0.1) is 10.2 Å². The standard InChI is InChI=1S/C22H24N8O/c1-15(2)30-14-23-27-21(30)19-6-5-7-20(25-19)26-22(31)29(4)18-10-8-16(9-11-18)17-12-24-28(3)13-17/h5-15H,1-4H3,(H,25,26,31). The van der Waals surface area contributed by atoms with E-state index in [-0.39, 0.29) is 12.1 Å². The highest BCUT2D eigenvalue weighted by atomic mass is 16.2. The molecule has 3 aromatic heterocycles. The van der Waals surface area contributed by atoms with Gasteiger partial charge in [-0.1, -0.05) is 18.2 Å². The molecule has 158 valence electrons. The van der Waals surface area contributed by atoms with Crippen molar-refractivity contribution in [1.82, 2.24) is 29.5 Å². The van der Waals surface area contributed by atoms with E-state index in [0.29, 0.717) is 17.3 Å². The second-order valence-electron chi connectivity index (χ2n) is 7.50. The highest BCUT2D eigenvalue weighted by molar-refractivity contribution is 6.01. The Morgan fingerprint density at radius 3 is 2.55 bits per heavy atom. The van der Waals surface area contributed by atoms with Gasteiger partial charge in [0.05, 0.1) is 6.20 Å². The van der Waals surface area contributed by atoms with E-state index in [0.717, 1.165) is 16.8 Å². The van der Waals surface area contributed by atoms with Crippen molar-refractivity contribution in [3.63, 3.8) is 0 Å². The third kappa shape index (κ3) is 4.30. The Kier molecular flexibility index (Phi) is 5.48. The van der Waals surface area contributed by atoms with Crippen molar-refractivity contribution in [2.24, 2.45) is 7.05 Å². The number of carbonyl (C=O) groups is 1. The van der Waals surface area contributed by atoms with E-state index in [4.69, 9.17) is 0 Å². The second kappa shape index (κ2) is 8.39. The Labute approximate surface area is 180 Å². The maximum Gasteiger partial charge on any atom is 0.327 e. The average molecular weight is 416 g/mol. The van der Waals surface area contributed by atoms with Crippen molar-refractivity contribution in [1.29, 1.82) is 0 Å². The molecule has 0 fully saturated rings. The summed E-state index contributed by atoms with van der Waals surface area (Å²) in [6, 6.07) is 13.1. The van der Waals surface area contributed by atoms with E-state index in [9.17, 15) is 4.79 Å². The fraction of sp³-hybridized carbons (Fsp3) is 0.227. The lowest BCUT2D eigenvalue weighted by molar-refractivity contribution is 0.258. The van der Waals surface area contributed by atoms with Crippen LogP contribution in [0.4, 0.5) is 16.3 Å². The Hall–Kier alpha value is -4.01. The Morgan fingerprint density at radius 1 is 1.10 bits per heavy atom. The summed E-state index contributed by atoms with van der Waals surface area (Å²) in [6.07, 6.45) is 5.43. The van der Waals surface area contributed by atoms with Gasteiger partial charge in [-0.2, -0.15) is 5.10 Å². The summed E-state index contributed by atoms with van der Waals surface area (Å²) >= 11 is 0. The number of rotatable bonds is 5. The van der Waals surface area contributed by atoms with Crippen LogP contribution >= 0.6 is 0 Å². The van der Waals surface area contributed by atoms with Crippen LogP contribution in [0.2, 0.25) is 0 Å². The van der Waals surface area contributed by atoms with Gasteiger partial charge in [0.2, 0.25) is 0 Å². The molecule has 1 N–H and O–H groups in total. The van der Waals surface area contributed by atoms with Crippen molar-refractivity contribution in [3.05, 3.63) is 61.2 Å². The summed E-state index contributed by atoms with van der Waals surface area (Å²) in [5.41, 5.74) is 3.47.